The van der Waals surface area contributed by atoms with Gasteiger partial charge in [0, 0.05) is 11.8 Å². The molecular formula is C29H40O3. The third-order valence-electron chi connectivity index (χ3n) is 7.33. The largest absolute Gasteiger partial charge is 0.481 e. The van der Waals surface area contributed by atoms with Crippen molar-refractivity contribution < 1.29 is 15.0 Å². The fourth-order valence-corrected chi connectivity index (χ4v) is 4.64. The summed E-state index contributed by atoms with van der Waals surface area (Å²) in [4.78, 5) is 11.0. The van der Waals surface area contributed by atoms with Crippen LogP contribution in [0.1, 0.15) is 93.2 Å². The minimum atomic E-state index is -0.758. The van der Waals surface area contributed by atoms with E-state index in [0.29, 0.717) is 19.3 Å². The van der Waals surface area contributed by atoms with E-state index in [1.807, 2.05) is 26.0 Å². The van der Waals surface area contributed by atoms with Gasteiger partial charge in [0.25, 0.3) is 0 Å². The van der Waals surface area contributed by atoms with Crippen molar-refractivity contribution in [3.8, 4) is 0 Å². The van der Waals surface area contributed by atoms with Gasteiger partial charge in [-0.2, -0.15) is 0 Å². The summed E-state index contributed by atoms with van der Waals surface area (Å²) in [7, 11) is 0. The van der Waals surface area contributed by atoms with Gasteiger partial charge < -0.3 is 10.2 Å². The number of aliphatic carboxylic acids is 1. The lowest BCUT2D eigenvalue weighted by Crippen LogP contribution is -2.26. The van der Waals surface area contributed by atoms with Crippen molar-refractivity contribution in [2.24, 2.45) is 0 Å². The lowest BCUT2D eigenvalue weighted by atomic mass is 9.69. The van der Waals surface area contributed by atoms with Crippen LogP contribution in [-0.4, -0.2) is 21.8 Å². The normalized spacial score (nSPS) is 12.5. The maximum Gasteiger partial charge on any atom is 0.303 e. The molecule has 0 fully saturated rings. The summed E-state index contributed by atoms with van der Waals surface area (Å²) >= 11 is 0. The molecule has 0 spiro atoms. The smallest absolute Gasteiger partial charge is 0.303 e. The Morgan fingerprint density at radius 1 is 0.875 bits per heavy atom. The fourth-order valence-electron chi connectivity index (χ4n) is 4.64. The highest BCUT2D eigenvalue weighted by atomic mass is 16.4. The van der Waals surface area contributed by atoms with Crippen LogP contribution in [0, 0.1) is 13.8 Å². The van der Waals surface area contributed by atoms with Crippen LogP contribution in [0.3, 0.4) is 0 Å². The Bertz CT molecular complexity index is 947. The Morgan fingerprint density at radius 2 is 1.44 bits per heavy atom. The molecule has 0 aromatic heterocycles. The molecule has 2 aromatic rings. The maximum atomic E-state index is 11.0. The van der Waals surface area contributed by atoms with Crippen molar-refractivity contribution in [2.45, 2.75) is 91.1 Å². The van der Waals surface area contributed by atoms with Gasteiger partial charge >= 0.3 is 5.97 Å². The third kappa shape index (κ3) is 5.69. The Kier molecular flexibility index (Phi) is 8.86. The van der Waals surface area contributed by atoms with Crippen molar-refractivity contribution >= 4 is 12.0 Å². The van der Waals surface area contributed by atoms with E-state index in [2.05, 4.69) is 64.1 Å². The summed E-state index contributed by atoms with van der Waals surface area (Å²) in [6, 6.07) is 13.2. The molecule has 0 radical (unpaired) electrons. The van der Waals surface area contributed by atoms with E-state index in [-0.39, 0.29) is 11.8 Å². The topological polar surface area (TPSA) is 57.5 Å². The summed E-state index contributed by atoms with van der Waals surface area (Å²) in [6.07, 6.45) is 8.07. The first-order valence-corrected chi connectivity index (χ1v) is 12.0. The van der Waals surface area contributed by atoms with Crippen LogP contribution in [0.2, 0.25) is 0 Å². The number of carbonyl (C=O) groups is 1. The Hall–Kier alpha value is -2.39. The number of aliphatic hydroxyl groups is 1. The molecule has 0 heterocycles. The number of hydrogen-bond acceptors (Lipinski definition) is 2. The number of carboxylic acids is 1. The Morgan fingerprint density at radius 3 is 1.91 bits per heavy atom. The second-order valence-corrected chi connectivity index (χ2v) is 9.04. The predicted octanol–water partition coefficient (Wildman–Crippen LogP) is 6.99. The van der Waals surface area contributed by atoms with Crippen molar-refractivity contribution in [3.05, 3.63) is 75.9 Å². The van der Waals surface area contributed by atoms with Gasteiger partial charge in [-0.3, -0.25) is 4.79 Å². The summed E-state index contributed by atoms with van der Waals surface area (Å²) in [5, 5.41) is 19.6. The van der Waals surface area contributed by atoms with Crippen molar-refractivity contribution in [3.63, 3.8) is 0 Å². The van der Waals surface area contributed by atoms with E-state index in [1.54, 1.807) is 0 Å². The van der Waals surface area contributed by atoms with Crippen molar-refractivity contribution in [2.75, 3.05) is 0 Å². The van der Waals surface area contributed by atoms with Gasteiger partial charge in [0.1, 0.15) is 0 Å². The molecular weight excluding hydrogens is 396 g/mol. The zero-order valence-corrected chi connectivity index (χ0v) is 20.7. The van der Waals surface area contributed by atoms with Crippen LogP contribution in [0.5, 0.6) is 0 Å². The Balaban J connectivity index is 2.43. The van der Waals surface area contributed by atoms with Gasteiger partial charge in [-0.15, -0.1) is 0 Å². The molecule has 32 heavy (non-hydrogen) atoms. The molecule has 3 nitrogen and oxygen atoms in total. The molecule has 0 aliphatic rings. The second-order valence-electron chi connectivity index (χ2n) is 9.04. The molecule has 0 aliphatic heterocycles. The van der Waals surface area contributed by atoms with Crippen molar-refractivity contribution in [1.82, 2.24) is 0 Å². The van der Waals surface area contributed by atoms with E-state index in [4.69, 9.17) is 5.11 Å². The van der Waals surface area contributed by atoms with Crippen LogP contribution in [0.25, 0.3) is 6.08 Å². The van der Waals surface area contributed by atoms with Crippen LogP contribution in [0.15, 0.2) is 42.5 Å². The summed E-state index contributed by atoms with van der Waals surface area (Å²) in [5.74, 6) is -0.758. The van der Waals surface area contributed by atoms with E-state index < -0.39 is 11.6 Å². The monoisotopic (exact) mass is 436 g/mol. The van der Waals surface area contributed by atoms with Crippen LogP contribution in [-0.2, 0) is 16.6 Å². The van der Waals surface area contributed by atoms with Crippen LogP contribution >= 0.6 is 0 Å². The number of hydrogen-bond donors (Lipinski definition) is 2. The molecule has 2 N–H and O–H groups in total. The first-order valence-electron chi connectivity index (χ1n) is 12.0. The first-order chi connectivity index (χ1) is 15.1. The van der Waals surface area contributed by atoms with Gasteiger partial charge in [0.15, 0.2) is 0 Å². The second kappa shape index (κ2) is 11.0. The lowest BCUT2D eigenvalue weighted by molar-refractivity contribution is -0.136. The zero-order valence-electron chi connectivity index (χ0n) is 20.7. The first kappa shape index (κ1) is 25.9. The number of rotatable bonds is 11. The standard InChI is InChI=1S/C29H40O3/c1-7-28(32,8-2)18-17-24-12-15-26(20-22(24)6)29(9-3,10-4)25-14-11-23(21(5)19-25)13-16-27(30)31/h11-12,14-15,17-20,32H,7-10,13,16H2,1-6H3,(H,30,31). The molecule has 174 valence electrons. The summed E-state index contributed by atoms with van der Waals surface area (Å²) < 4.78 is 0. The summed E-state index contributed by atoms with van der Waals surface area (Å²) in [6.45, 7) is 12.7. The predicted molar refractivity (Wildman–Crippen MR) is 134 cm³/mol. The Labute approximate surface area is 194 Å². The van der Waals surface area contributed by atoms with Gasteiger partial charge in [-0.05, 0) is 79.3 Å². The van der Waals surface area contributed by atoms with Gasteiger partial charge in [0.2, 0.25) is 0 Å². The number of benzene rings is 2. The minimum absolute atomic E-state index is 0.0866. The van der Waals surface area contributed by atoms with Gasteiger partial charge in [-0.25, -0.2) is 0 Å². The van der Waals surface area contributed by atoms with Crippen molar-refractivity contribution in [1.29, 1.82) is 0 Å². The molecule has 2 rings (SSSR count). The molecule has 0 unspecified atom stereocenters. The van der Waals surface area contributed by atoms with Crippen LogP contribution < -0.4 is 0 Å². The fraction of sp³-hybridized carbons (Fsp3) is 0.483. The van der Waals surface area contributed by atoms with E-state index >= 15 is 0 Å². The van der Waals surface area contributed by atoms with E-state index in [9.17, 15) is 9.90 Å². The molecule has 0 atom stereocenters. The quantitative estimate of drug-likeness (QED) is 0.399. The lowest BCUT2D eigenvalue weighted by Gasteiger charge is -2.34. The third-order valence-corrected chi connectivity index (χ3v) is 7.33. The highest BCUT2D eigenvalue weighted by Crippen LogP contribution is 2.40. The molecule has 2 aromatic carbocycles. The highest BCUT2D eigenvalue weighted by molar-refractivity contribution is 5.67. The van der Waals surface area contributed by atoms with E-state index in [1.165, 1.54) is 16.7 Å². The average molecular weight is 437 g/mol. The van der Waals surface area contributed by atoms with Crippen LogP contribution in [0.4, 0.5) is 0 Å². The highest BCUT2D eigenvalue weighted by Gasteiger charge is 2.31. The molecule has 0 amide bonds. The molecule has 0 aliphatic carbocycles. The van der Waals surface area contributed by atoms with Gasteiger partial charge in [0.05, 0.1) is 5.60 Å². The van der Waals surface area contributed by atoms with Gasteiger partial charge in [-0.1, -0.05) is 76.2 Å². The SMILES string of the molecule is CCC(O)(C=Cc1ccc(C(CC)(CC)c2ccc(CCC(=O)O)c(C)c2)cc1C)CC. The maximum absolute atomic E-state index is 11.0. The molecule has 0 saturated carbocycles. The minimum Gasteiger partial charge on any atom is -0.481 e. The number of carboxylic acid groups (broad SMARTS) is 1. The number of aryl methyl sites for hydroxylation is 3. The average Bonchev–Trinajstić information content (AvgIpc) is 2.78. The summed E-state index contributed by atoms with van der Waals surface area (Å²) in [5.41, 5.74) is 6.35. The molecule has 0 saturated heterocycles. The van der Waals surface area contributed by atoms with E-state index in [0.717, 1.165) is 29.5 Å². The molecule has 0 bridgehead atoms. The zero-order chi connectivity index (χ0) is 23.9. The molecule has 3 heteroatoms.